The summed E-state index contributed by atoms with van der Waals surface area (Å²) in [6.45, 7) is 6.28. The summed E-state index contributed by atoms with van der Waals surface area (Å²) in [5, 5.41) is 29.4. The standard InChI is InChI=1S/C19H19N3O5S.C16H16N2O6S2/c1-9-11(12(21-27-9)10-7-5-4-6-8-10)15(23)20-13-16(24)22-14(18(25)26)19(2,3)28-17(13)22;1-8(19)24-6-9-7-26-15-12(14(21)18(15)13(9)16(22)23)17-11(20)5-10-3-2-4-25-10/h4-8,13-14,17H,1-3H3,(H,20,23)(H,25,26);2-4,12,15H,5-7H2,1H3,(H,17,20)(H,22,23)/t13-,14+,17-;12-,15-/m11/s1. The number of aryl methyl sites for hydroxylation is 1. The first kappa shape index (κ1) is 38.6. The number of hydrogen-bond donors (Lipinski definition) is 4. The fourth-order valence-corrected chi connectivity index (χ4v) is 10.2. The Kier molecular flexibility index (Phi) is 10.9. The van der Waals surface area contributed by atoms with Gasteiger partial charge in [0.05, 0.1) is 6.42 Å². The summed E-state index contributed by atoms with van der Waals surface area (Å²) in [5.74, 6) is -3.77. The average molecular weight is 798 g/mol. The molecule has 4 aliphatic rings. The Labute approximate surface area is 320 Å². The van der Waals surface area contributed by atoms with Gasteiger partial charge in [0.2, 0.25) is 11.8 Å². The van der Waals surface area contributed by atoms with E-state index in [1.165, 1.54) is 46.7 Å². The second-order valence-electron chi connectivity index (χ2n) is 13.1. The van der Waals surface area contributed by atoms with Gasteiger partial charge >= 0.3 is 17.9 Å². The second-order valence-corrected chi connectivity index (χ2v) is 17.0. The van der Waals surface area contributed by atoms with Gasteiger partial charge in [0, 0.05) is 33.4 Å². The summed E-state index contributed by atoms with van der Waals surface area (Å²) in [6.07, 6.45) is 0.179. The molecule has 0 bridgehead atoms. The number of aliphatic carboxylic acids is 2. The van der Waals surface area contributed by atoms with Crippen LogP contribution in [0.5, 0.6) is 0 Å². The van der Waals surface area contributed by atoms with Crippen molar-refractivity contribution in [1.82, 2.24) is 25.6 Å². The van der Waals surface area contributed by atoms with E-state index in [9.17, 15) is 43.8 Å². The first-order valence-electron chi connectivity index (χ1n) is 16.5. The van der Waals surface area contributed by atoms with E-state index in [1.807, 2.05) is 47.8 Å². The molecule has 3 saturated heterocycles. The van der Waals surface area contributed by atoms with Crippen LogP contribution in [0, 0.1) is 6.92 Å². The molecule has 4 N–H and O–H groups in total. The Morgan fingerprint density at radius 2 is 1.70 bits per heavy atom. The number of carboxylic acids is 2. The molecule has 0 spiro atoms. The van der Waals surface area contributed by atoms with E-state index in [1.54, 1.807) is 20.8 Å². The highest BCUT2D eigenvalue weighted by Gasteiger charge is 2.64. The van der Waals surface area contributed by atoms with Crippen LogP contribution in [-0.2, 0) is 39.9 Å². The number of β-lactam (4-membered cyclic amide) rings is 2. The van der Waals surface area contributed by atoms with Gasteiger partial charge in [-0.15, -0.1) is 34.9 Å². The summed E-state index contributed by atoms with van der Waals surface area (Å²) >= 11 is 4.17. The number of amides is 4. The van der Waals surface area contributed by atoms with E-state index < -0.39 is 63.3 Å². The van der Waals surface area contributed by atoms with Crippen molar-refractivity contribution in [2.75, 3.05) is 12.4 Å². The first-order chi connectivity index (χ1) is 25.6. The normalized spacial score (nSPS) is 23.5. The van der Waals surface area contributed by atoms with Gasteiger partial charge in [-0.05, 0) is 32.2 Å². The number of thioether (sulfide) groups is 2. The van der Waals surface area contributed by atoms with Crippen LogP contribution in [0.15, 0.2) is 63.6 Å². The van der Waals surface area contributed by atoms with Crippen molar-refractivity contribution < 1.29 is 53.0 Å². The van der Waals surface area contributed by atoms with E-state index in [4.69, 9.17) is 9.26 Å². The van der Waals surface area contributed by atoms with Gasteiger partial charge in [-0.25, -0.2) is 9.59 Å². The molecule has 3 fully saturated rings. The van der Waals surface area contributed by atoms with Crippen LogP contribution in [0.25, 0.3) is 11.3 Å². The topological polar surface area (TPSA) is 226 Å². The quantitative estimate of drug-likeness (QED) is 0.171. The van der Waals surface area contributed by atoms with Crippen LogP contribution < -0.4 is 10.6 Å². The summed E-state index contributed by atoms with van der Waals surface area (Å²) in [5.41, 5.74) is 1.61. The zero-order valence-electron chi connectivity index (χ0n) is 29.3. The van der Waals surface area contributed by atoms with Gasteiger partial charge in [-0.3, -0.25) is 28.9 Å². The number of benzene rings is 1. The van der Waals surface area contributed by atoms with Gasteiger partial charge in [0.25, 0.3) is 11.8 Å². The summed E-state index contributed by atoms with van der Waals surface area (Å²) in [7, 11) is 0. The number of ether oxygens (including phenoxy) is 1. The van der Waals surface area contributed by atoms with Crippen LogP contribution in [0.4, 0.5) is 0 Å². The number of nitrogens with zero attached hydrogens (tertiary/aromatic N) is 3. The monoisotopic (exact) mass is 797 g/mol. The van der Waals surface area contributed by atoms with Crippen molar-refractivity contribution in [3.05, 3.63) is 75.3 Å². The molecule has 284 valence electrons. The molecule has 7 rings (SSSR count). The van der Waals surface area contributed by atoms with Crippen molar-refractivity contribution >= 4 is 76.4 Å². The number of carbonyl (C=O) groups is 7. The van der Waals surface area contributed by atoms with E-state index >= 15 is 0 Å². The Balaban J connectivity index is 0.000000185. The smallest absolute Gasteiger partial charge is 0.352 e. The van der Waals surface area contributed by atoms with E-state index in [0.717, 1.165) is 15.3 Å². The Hall–Kier alpha value is -5.14. The molecule has 4 aliphatic heterocycles. The third-order valence-corrected chi connectivity index (χ3v) is 12.8. The lowest BCUT2D eigenvalue weighted by atomic mass is 9.95. The molecule has 4 amide bonds. The highest BCUT2D eigenvalue weighted by Crippen LogP contribution is 2.51. The fourth-order valence-electron chi connectivity index (χ4n) is 6.57. The molecule has 5 atom stereocenters. The molecular formula is C35H35N5O11S3. The molecule has 6 heterocycles. The largest absolute Gasteiger partial charge is 0.480 e. The number of thiophene rings is 1. The number of carbonyl (C=O) groups excluding carboxylic acids is 5. The van der Waals surface area contributed by atoms with Gasteiger partial charge in [0.1, 0.15) is 58.2 Å². The van der Waals surface area contributed by atoms with Gasteiger partial charge < -0.3 is 35.0 Å². The van der Waals surface area contributed by atoms with Crippen LogP contribution in [0.3, 0.4) is 0 Å². The molecule has 0 radical (unpaired) electrons. The Morgan fingerprint density at radius 3 is 2.33 bits per heavy atom. The van der Waals surface area contributed by atoms with E-state index in [-0.39, 0.29) is 36.1 Å². The third kappa shape index (κ3) is 7.34. The second kappa shape index (κ2) is 15.3. The lowest BCUT2D eigenvalue weighted by molar-refractivity contribution is -0.159. The minimum Gasteiger partial charge on any atom is -0.480 e. The zero-order chi connectivity index (χ0) is 39.1. The molecule has 54 heavy (non-hydrogen) atoms. The SMILES string of the molecule is CC(=O)OCC1=C(C(=O)O)N2C(=O)[C@@H](NC(=O)Cc3cccs3)[C@H]2SC1.Cc1onc(-c2ccccc2)c1C(=O)N[C@@H]1C(=O)N2[C@@H]1SC(C)(C)[C@@H]2C(=O)O. The average Bonchev–Trinajstić information content (AvgIpc) is 3.85. The molecule has 1 aromatic carbocycles. The minimum atomic E-state index is -1.26. The molecule has 2 aromatic heterocycles. The number of rotatable bonds is 10. The Bertz CT molecular complexity index is 2050. The summed E-state index contributed by atoms with van der Waals surface area (Å²) < 4.78 is 9.44. The maximum Gasteiger partial charge on any atom is 0.352 e. The third-order valence-electron chi connectivity index (χ3n) is 9.03. The van der Waals surface area contributed by atoms with Crippen molar-refractivity contribution in [2.24, 2.45) is 0 Å². The van der Waals surface area contributed by atoms with Crippen molar-refractivity contribution in [3.63, 3.8) is 0 Å². The molecule has 19 heteroatoms. The molecule has 0 saturated carbocycles. The number of aromatic nitrogens is 1. The van der Waals surface area contributed by atoms with Crippen molar-refractivity contribution in [3.8, 4) is 11.3 Å². The molecule has 3 aromatic rings. The first-order valence-corrected chi connectivity index (χ1v) is 19.3. The van der Waals surface area contributed by atoms with E-state index in [0.29, 0.717) is 22.8 Å². The number of hydrogen-bond acceptors (Lipinski definition) is 13. The summed E-state index contributed by atoms with van der Waals surface area (Å²) in [4.78, 5) is 87.6. The molecule has 0 aliphatic carbocycles. The number of nitrogens with one attached hydrogen (secondary N) is 2. The fraction of sp³-hybridized carbons (Fsp3) is 0.371. The van der Waals surface area contributed by atoms with Gasteiger partial charge in [0.15, 0.2) is 0 Å². The minimum absolute atomic E-state index is 0.163. The number of fused-ring (bicyclic) bond motifs is 2. The molecule has 16 nitrogen and oxygen atoms in total. The molecule has 0 unspecified atom stereocenters. The van der Waals surface area contributed by atoms with Crippen molar-refractivity contribution in [1.29, 1.82) is 0 Å². The summed E-state index contributed by atoms with van der Waals surface area (Å²) in [6, 6.07) is 10.4. The predicted molar refractivity (Wildman–Crippen MR) is 196 cm³/mol. The zero-order valence-corrected chi connectivity index (χ0v) is 31.7. The predicted octanol–water partition coefficient (Wildman–Crippen LogP) is 2.49. The number of esters is 1. The van der Waals surface area contributed by atoms with Crippen LogP contribution in [0.2, 0.25) is 0 Å². The maximum absolute atomic E-state index is 12.9. The van der Waals surface area contributed by atoms with E-state index in [2.05, 4.69) is 15.8 Å². The lowest BCUT2D eigenvalue weighted by Crippen LogP contribution is -2.70. The van der Waals surface area contributed by atoms with Gasteiger partial charge in [-0.2, -0.15) is 0 Å². The van der Waals surface area contributed by atoms with Crippen molar-refractivity contribution in [2.45, 2.75) is 67.7 Å². The van der Waals surface area contributed by atoms with Crippen LogP contribution in [0.1, 0.15) is 41.8 Å². The van der Waals surface area contributed by atoms with Gasteiger partial charge in [-0.1, -0.05) is 41.6 Å². The Morgan fingerprint density at radius 1 is 1.00 bits per heavy atom. The lowest BCUT2D eigenvalue weighted by Gasteiger charge is -2.49. The van der Waals surface area contributed by atoms with Crippen LogP contribution >= 0.6 is 34.9 Å². The van der Waals surface area contributed by atoms with Crippen LogP contribution in [-0.4, -0.2) is 113 Å². The molecular weight excluding hydrogens is 763 g/mol. The highest BCUT2D eigenvalue weighted by molar-refractivity contribution is 8.01. The number of carboxylic acid groups (broad SMARTS) is 2. The maximum atomic E-state index is 12.9. The highest BCUT2D eigenvalue weighted by atomic mass is 32.2.